The molecule has 1 aromatic carbocycles. The molecule has 1 fully saturated rings. The molecule has 1 saturated heterocycles. The van der Waals surface area contributed by atoms with E-state index in [9.17, 15) is 24.9 Å². The van der Waals surface area contributed by atoms with Crippen molar-refractivity contribution in [3.63, 3.8) is 0 Å². The first-order chi connectivity index (χ1) is 11.3. The summed E-state index contributed by atoms with van der Waals surface area (Å²) in [6.07, 6.45) is -6.11. The Morgan fingerprint density at radius 3 is 2.17 bits per heavy atom. The van der Waals surface area contributed by atoms with Crippen molar-refractivity contribution >= 4 is 18.0 Å². The van der Waals surface area contributed by atoms with Gasteiger partial charge in [0.1, 0.15) is 24.1 Å². The Balaban J connectivity index is 2.09. The summed E-state index contributed by atoms with van der Waals surface area (Å²) in [5.41, 5.74) is 0.578. The van der Waals surface area contributed by atoms with E-state index in [0.29, 0.717) is 5.56 Å². The van der Waals surface area contributed by atoms with Crippen molar-refractivity contribution in [2.45, 2.75) is 30.7 Å². The van der Waals surface area contributed by atoms with Crippen LogP contribution in [0, 0.1) is 0 Å². The molecule has 5 atom stereocenters. The lowest BCUT2D eigenvalue weighted by Gasteiger charge is -2.38. The first kappa shape index (κ1) is 17.9. The van der Waals surface area contributed by atoms with E-state index in [1.54, 1.807) is 0 Å². The largest absolute Gasteiger partial charge is 0.479 e. The Labute approximate surface area is 136 Å². The van der Waals surface area contributed by atoms with E-state index in [2.05, 4.69) is 0 Å². The summed E-state index contributed by atoms with van der Waals surface area (Å²) in [7, 11) is 0. The van der Waals surface area contributed by atoms with Crippen molar-refractivity contribution < 1.29 is 44.6 Å². The van der Waals surface area contributed by atoms with Crippen LogP contribution in [0.4, 0.5) is 0 Å². The maximum atomic E-state index is 11.0. The van der Waals surface area contributed by atoms with Crippen LogP contribution in [0.2, 0.25) is 0 Å². The molecular weight excluding hydrogens is 324 g/mol. The first-order valence-corrected chi connectivity index (χ1v) is 6.90. The molecule has 0 spiro atoms. The molecule has 0 unspecified atom stereocenters. The molecule has 9 heteroatoms. The second-order valence-electron chi connectivity index (χ2n) is 5.09. The number of aliphatic hydroxyl groups is 3. The summed E-state index contributed by atoms with van der Waals surface area (Å²) in [6, 6.07) is 5.96. The molecule has 2 rings (SSSR count). The monoisotopic (exact) mass is 340 g/mol. The highest BCUT2D eigenvalue weighted by atomic mass is 16.7. The van der Waals surface area contributed by atoms with E-state index >= 15 is 0 Å². The van der Waals surface area contributed by atoms with Gasteiger partial charge in [0, 0.05) is 6.08 Å². The van der Waals surface area contributed by atoms with Crippen molar-refractivity contribution in [2.24, 2.45) is 0 Å². The van der Waals surface area contributed by atoms with Gasteiger partial charge in [-0.25, -0.2) is 9.59 Å². The predicted molar refractivity (Wildman–Crippen MR) is 78.1 cm³/mol. The van der Waals surface area contributed by atoms with Crippen LogP contribution < -0.4 is 4.74 Å². The van der Waals surface area contributed by atoms with Gasteiger partial charge in [-0.15, -0.1) is 0 Å². The highest BCUT2D eigenvalue weighted by Crippen LogP contribution is 2.25. The van der Waals surface area contributed by atoms with E-state index in [1.807, 2.05) is 0 Å². The van der Waals surface area contributed by atoms with Crippen molar-refractivity contribution in [1.82, 2.24) is 0 Å². The molecule has 1 heterocycles. The molecule has 1 aliphatic rings. The maximum Gasteiger partial charge on any atom is 0.335 e. The summed E-state index contributed by atoms with van der Waals surface area (Å²) >= 11 is 0. The van der Waals surface area contributed by atoms with Gasteiger partial charge in [0.25, 0.3) is 0 Å². The summed E-state index contributed by atoms with van der Waals surface area (Å²) in [5.74, 6) is -2.41. The molecule has 1 aromatic rings. The van der Waals surface area contributed by atoms with Crippen molar-refractivity contribution in [1.29, 1.82) is 0 Å². The second kappa shape index (κ2) is 7.41. The number of ether oxygens (including phenoxy) is 2. The molecule has 0 saturated carbocycles. The molecule has 5 N–H and O–H groups in total. The van der Waals surface area contributed by atoms with Crippen LogP contribution in [-0.2, 0) is 14.3 Å². The predicted octanol–water partition coefficient (Wildman–Crippen LogP) is -0.945. The standard InChI is InChI=1S/C15H16O9/c16-9(17)6-3-7-1-4-8(5-2-7)23-15-12(20)10(18)11(19)13(24-15)14(21)22/h1-6,10-13,15,18-20H,(H,16,17)(H,21,22)/t10-,11-,12+,13-,15+/m0/s1. The Morgan fingerprint density at radius 2 is 1.62 bits per heavy atom. The Kier molecular flexibility index (Phi) is 5.52. The second-order valence-corrected chi connectivity index (χ2v) is 5.09. The molecule has 0 amide bonds. The van der Waals surface area contributed by atoms with Gasteiger partial charge in [-0.3, -0.25) is 0 Å². The zero-order chi connectivity index (χ0) is 17.9. The van der Waals surface area contributed by atoms with Gasteiger partial charge in [0.2, 0.25) is 6.29 Å². The van der Waals surface area contributed by atoms with Crippen molar-refractivity contribution in [3.05, 3.63) is 35.9 Å². The Bertz CT molecular complexity index is 624. The smallest absolute Gasteiger partial charge is 0.335 e. The minimum Gasteiger partial charge on any atom is -0.479 e. The molecule has 130 valence electrons. The van der Waals surface area contributed by atoms with E-state index < -0.39 is 42.6 Å². The Morgan fingerprint density at radius 1 is 1.00 bits per heavy atom. The molecule has 0 aliphatic carbocycles. The summed E-state index contributed by atoms with van der Waals surface area (Å²) < 4.78 is 10.3. The quantitative estimate of drug-likeness (QED) is 0.427. The van der Waals surface area contributed by atoms with E-state index in [1.165, 1.54) is 30.3 Å². The third-order valence-electron chi connectivity index (χ3n) is 3.36. The average Bonchev–Trinajstić information content (AvgIpc) is 2.54. The molecule has 24 heavy (non-hydrogen) atoms. The van der Waals surface area contributed by atoms with Gasteiger partial charge in [-0.2, -0.15) is 0 Å². The Hall–Kier alpha value is -2.46. The molecule has 0 bridgehead atoms. The van der Waals surface area contributed by atoms with E-state index in [0.717, 1.165) is 6.08 Å². The fourth-order valence-corrected chi connectivity index (χ4v) is 2.11. The number of carbonyl (C=O) groups is 2. The maximum absolute atomic E-state index is 11.0. The minimum atomic E-state index is -1.79. The zero-order valence-electron chi connectivity index (χ0n) is 12.2. The number of carboxylic acids is 2. The van der Waals surface area contributed by atoms with Crippen molar-refractivity contribution in [2.75, 3.05) is 0 Å². The molecule has 0 aromatic heterocycles. The number of carboxylic acid groups (broad SMARTS) is 2. The van der Waals surface area contributed by atoms with Crippen LogP contribution in [-0.4, -0.2) is 68.2 Å². The first-order valence-electron chi connectivity index (χ1n) is 6.90. The number of rotatable bonds is 5. The number of hydrogen-bond acceptors (Lipinski definition) is 7. The SMILES string of the molecule is O=C(O)C=Cc1ccc(O[C@@H]2O[C@H](C(=O)O)[C@@H](O)[C@H](O)[C@H]2O)cc1. The third kappa shape index (κ3) is 4.09. The normalized spacial score (nSPS) is 30.2. The molecular formula is C15H16O9. The zero-order valence-corrected chi connectivity index (χ0v) is 12.2. The summed E-state index contributed by atoms with van der Waals surface area (Å²) in [5, 5.41) is 46.6. The van der Waals surface area contributed by atoms with E-state index in [-0.39, 0.29) is 5.75 Å². The van der Waals surface area contributed by atoms with Gasteiger partial charge < -0.3 is 35.0 Å². The number of aliphatic hydroxyl groups excluding tert-OH is 3. The van der Waals surface area contributed by atoms with E-state index in [4.69, 9.17) is 19.7 Å². The van der Waals surface area contributed by atoms with Gasteiger partial charge in [0.05, 0.1) is 0 Å². The van der Waals surface area contributed by atoms with Crippen LogP contribution >= 0.6 is 0 Å². The van der Waals surface area contributed by atoms with Crippen LogP contribution in [0.15, 0.2) is 30.3 Å². The van der Waals surface area contributed by atoms with Gasteiger partial charge >= 0.3 is 11.9 Å². The molecule has 9 nitrogen and oxygen atoms in total. The van der Waals surface area contributed by atoms with Crippen LogP contribution in [0.5, 0.6) is 5.75 Å². The van der Waals surface area contributed by atoms with Gasteiger partial charge in [0.15, 0.2) is 6.10 Å². The van der Waals surface area contributed by atoms with Crippen LogP contribution in [0.3, 0.4) is 0 Å². The number of hydrogen-bond donors (Lipinski definition) is 5. The molecule has 0 radical (unpaired) electrons. The lowest BCUT2D eigenvalue weighted by atomic mass is 9.99. The fourth-order valence-electron chi connectivity index (χ4n) is 2.11. The van der Waals surface area contributed by atoms with Crippen LogP contribution in [0.25, 0.3) is 6.08 Å². The summed E-state index contributed by atoms with van der Waals surface area (Å²) in [6.45, 7) is 0. The average molecular weight is 340 g/mol. The third-order valence-corrected chi connectivity index (χ3v) is 3.36. The number of benzene rings is 1. The lowest BCUT2D eigenvalue weighted by Crippen LogP contribution is -2.61. The van der Waals surface area contributed by atoms with Gasteiger partial charge in [-0.1, -0.05) is 12.1 Å². The highest BCUT2D eigenvalue weighted by molar-refractivity contribution is 5.85. The lowest BCUT2D eigenvalue weighted by molar-refractivity contribution is -0.271. The summed E-state index contributed by atoms with van der Waals surface area (Å²) in [4.78, 5) is 21.4. The topological polar surface area (TPSA) is 154 Å². The van der Waals surface area contributed by atoms with Crippen LogP contribution in [0.1, 0.15) is 5.56 Å². The molecule has 1 aliphatic heterocycles. The van der Waals surface area contributed by atoms with Crippen molar-refractivity contribution in [3.8, 4) is 5.75 Å². The minimum absolute atomic E-state index is 0.194. The fraction of sp³-hybridized carbons (Fsp3) is 0.333. The highest BCUT2D eigenvalue weighted by Gasteiger charge is 2.48. The van der Waals surface area contributed by atoms with Gasteiger partial charge in [-0.05, 0) is 23.8 Å². The number of aliphatic carboxylic acids is 2.